The van der Waals surface area contributed by atoms with Gasteiger partial charge in [-0.05, 0) is 66.2 Å². The number of hydrogen-bond acceptors (Lipinski definition) is 9. The lowest BCUT2D eigenvalue weighted by molar-refractivity contribution is -0.0141. The maximum Gasteiger partial charge on any atom is 0.417 e. The standard InChI is InChI=1S/C33H40ClN5O7/c1-32(2,3)45-30(41)38-15-12-19(38)18-44-24-17-35-14-11-20(24)26-27(37-23-10-8-9-21(34)28(23)43-7)25-22(36-26)13-16-39(29(25)40)31(42)46-33(4,5)6/h8-11,14,17,19,36-37H,12-13,15-16,18H2,1-7H3/t19-/m1/s1. The zero-order chi connectivity index (χ0) is 33.4. The third-order valence-corrected chi connectivity index (χ3v) is 7.72. The van der Waals surface area contributed by atoms with E-state index < -0.39 is 23.2 Å². The van der Waals surface area contributed by atoms with Crippen molar-refractivity contribution in [3.05, 3.63) is 52.9 Å². The van der Waals surface area contributed by atoms with E-state index in [0.29, 0.717) is 57.8 Å². The number of carbonyl (C=O) groups is 3. The number of carbonyl (C=O) groups excluding carboxylic acids is 3. The van der Waals surface area contributed by atoms with Crippen LogP contribution in [0.25, 0.3) is 11.3 Å². The molecule has 0 unspecified atom stereocenters. The lowest BCUT2D eigenvalue weighted by atomic mass is 10.0. The number of aromatic amines is 1. The van der Waals surface area contributed by atoms with E-state index in [1.54, 1.807) is 62.3 Å². The topological polar surface area (TPSA) is 135 Å². The van der Waals surface area contributed by atoms with Gasteiger partial charge in [-0.15, -0.1) is 0 Å². The van der Waals surface area contributed by atoms with Gasteiger partial charge in [0.25, 0.3) is 5.91 Å². The van der Waals surface area contributed by atoms with Crippen LogP contribution in [0.5, 0.6) is 11.5 Å². The van der Waals surface area contributed by atoms with E-state index in [0.717, 1.165) is 11.3 Å². The van der Waals surface area contributed by atoms with Gasteiger partial charge < -0.3 is 34.1 Å². The van der Waals surface area contributed by atoms with E-state index in [-0.39, 0.29) is 30.9 Å². The third kappa shape index (κ3) is 7.01. The Morgan fingerprint density at radius 2 is 1.78 bits per heavy atom. The number of halogens is 1. The molecule has 0 radical (unpaired) electrons. The molecule has 0 aliphatic carbocycles. The van der Waals surface area contributed by atoms with Gasteiger partial charge >= 0.3 is 12.2 Å². The highest BCUT2D eigenvalue weighted by Gasteiger charge is 2.38. The second-order valence-electron chi connectivity index (χ2n) is 13.2. The monoisotopic (exact) mass is 653 g/mol. The molecular weight excluding hydrogens is 614 g/mol. The summed E-state index contributed by atoms with van der Waals surface area (Å²) in [6.07, 6.45) is 3.24. The number of nitrogens with zero attached hydrogens (tertiary/aromatic N) is 3. The van der Waals surface area contributed by atoms with Crippen molar-refractivity contribution in [2.24, 2.45) is 0 Å². The van der Waals surface area contributed by atoms with Crippen LogP contribution in [0.1, 0.15) is 64.0 Å². The largest absolute Gasteiger partial charge is 0.493 e. The molecule has 46 heavy (non-hydrogen) atoms. The van der Waals surface area contributed by atoms with Crippen LogP contribution < -0.4 is 14.8 Å². The third-order valence-electron chi connectivity index (χ3n) is 7.42. The molecule has 2 aromatic heterocycles. The van der Waals surface area contributed by atoms with Crippen LogP contribution in [-0.4, -0.2) is 81.9 Å². The molecular formula is C33H40ClN5O7. The minimum absolute atomic E-state index is 0.141. The first-order valence-corrected chi connectivity index (χ1v) is 15.5. The van der Waals surface area contributed by atoms with Gasteiger partial charge in [0.05, 0.1) is 47.0 Å². The Morgan fingerprint density at radius 3 is 2.43 bits per heavy atom. The molecule has 12 nitrogen and oxygen atoms in total. The van der Waals surface area contributed by atoms with Gasteiger partial charge in [0, 0.05) is 37.0 Å². The van der Waals surface area contributed by atoms with Crippen molar-refractivity contribution in [2.45, 2.75) is 71.6 Å². The van der Waals surface area contributed by atoms with Gasteiger partial charge in [-0.25, -0.2) is 14.5 Å². The van der Waals surface area contributed by atoms with Crippen molar-refractivity contribution >= 4 is 41.1 Å². The summed E-state index contributed by atoms with van der Waals surface area (Å²) in [7, 11) is 1.51. The number of fused-ring (bicyclic) bond motifs is 1. The van der Waals surface area contributed by atoms with Gasteiger partial charge in [0.15, 0.2) is 5.75 Å². The van der Waals surface area contributed by atoms with Crippen molar-refractivity contribution in [1.82, 2.24) is 19.8 Å². The molecule has 2 aliphatic heterocycles. The molecule has 1 fully saturated rings. The molecule has 3 amide bonds. The van der Waals surface area contributed by atoms with E-state index >= 15 is 0 Å². The number of hydrogen-bond donors (Lipinski definition) is 2. The molecule has 3 aromatic rings. The average molecular weight is 654 g/mol. The predicted octanol–water partition coefficient (Wildman–Crippen LogP) is 6.80. The SMILES string of the molecule is COc1c(Cl)cccc1Nc1c(-c2ccncc2OC[C@H]2CCN2C(=O)OC(C)(C)C)[nH]c2c1C(=O)N(C(=O)OC(C)(C)C)CC2. The number of para-hydroxylation sites is 1. The van der Waals surface area contributed by atoms with Crippen LogP contribution in [0.15, 0.2) is 36.7 Å². The molecule has 1 aromatic carbocycles. The minimum Gasteiger partial charge on any atom is -0.493 e. The van der Waals surface area contributed by atoms with Crippen molar-refractivity contribution in [2.75, 3.05) is 32.1 Å². The molecule has 2 aliphatic rings. The minimum atomic E-state index is -0.779. The second-order valence-corrected chi connectivity index (χ2v) is 13.6. The summed E-state index contributed by atoms with van der Waals surface area (Å²) in [5.41, 5.74) is 1.62. The normalized spacial score (nSPS) is 16.3. The van der Waals surface area contributed by atoms with Crippen LogP contribution in [0.4, 0.5) is 21.0 Å². The molecule has 1 saturated heterocycles. The van der Waals surface area contributed by atoms with E-state index in [2.05, 4.69) is 15.3 Å². The fourth-order valence-electron chi connectivity index (χ4n) is 5.27. The van der Waals surface area contributed by atoms with Crippen LogP contribution in [0, 0.1) is 0 Å². The molecule has 1 atom stereocenters. The Labute approximate surface area is 273 Å². The molecule has 4 heterocycles. The quantitative estimate of drug-likeness (QED) is 0.282. The number of methoxy groups -OCH3 is 1. The summed E-state index contributed by atoms with van der Waals surface area (Å²) in [5.74, 6) is 0.311. The highest BCUT2D eigenvalue weighted by Crippen LogP contribution is 2.44. The summed E-state index contributed by atoms with van der Waals surface area (Å²) in [5, 5.41) is 3.73. The fourth-order valence-corrected chi connectivity index (χ4v) is 5.52. The number of rotatable bonds is 7. The smallest absolute Gasteiger partial charge is 0.417 e. The predicted molar refractivity (Wildman–Crippen MR) is 173 cm³/mol. The first-order valence-electron chi connectivity index (χ1n) is 15.1. The molecule has 0 spiro atoms. The Kier molecular flexibility index (Phi) is 9.12. The lowest BCUT2D eigenvalue weighted by Gasteiger charge is -2.41. The van der Waals surface area contributed by atoms with Crippen molar-refractivity contribution in [3.63, 3.8) is 0 Å². The summed E-state index contributed by atoms with van der Waals surface area (Å²) >= 11 is 6.44. The average Bonchev–Trinajstić information content (AvgIpc) is 3.30. The Balaban J connectivity index is 1.51. The lowest BCUT2D eigenvalue weighted by Crippen LogP contribution is -2.55. The number of pyridine rings is 1. The number of H-pyrrole nitrogens is 1. The van der Waals surface area contributed by atoms with Crippen LogP contribution in [-0.2, 0) is 15.9 Å². The van der Waals surface area contributed by atoms with Crippen LogP contribution in [0.2, 0.25) is 5.02 Å². The van der Waals surface area contributed by atoms with E-state index in [1.165, 1.54) is 7.11 Å². The van der Waals surface area contributed by atoms with Crippen LogP contribution >= 0.6 is 11.6 Å². The van der Waals surface area contributed by atoms with Crippen molar-refractivity contribution in [1.29, 1.82) is 0 Å². The Morgan fingerprint density at radius 1 is 1.07 bits per heavy atom. The summed E-state index contributed by atoms with van der Waals surface area (Å²) in [6.45, 7) is 11.7. The first-order chi connectivity index (χ1) is 21.7. The number of ether oxygens (including phenoxy) is 4. The molecule has 2 N–H and O–H groups in total. The van der Waals surface area contributed by atoms with Gasteiger partial charge in [0.1, 0.15) is 23.6 Å². The highest BCUT2D eigenvalue weighted by molar-refractivity contribution is 6.32. The number of amides is 3. The molecule has 0 saturated carbocycles. The zero-order valence-electron chi connectivity index (χ0n) is 27.2. The van der Waals surface area contributed by atoms with Crippen molar-refractivity contribution < 1.29 is 33.3 Å². The van der Waals surface area contributed by atoms with Gasteiger partial charge in [0.2, 0.25) is 0 Å². The van der Waals surface area contributed by atoms with Gasteiger partial charge in [-0.1, -0.05) is 17.7 Å². The number of anilines is 2. The van der Waals surface area contributed by atoms with E-state index in [9.17, 15) is 14.4 Å². The number of likely N-dealkylation sites (tertiary alicyclic amines) is 1. The molecule has 5 rings (SSSR count). The molecule has 13 heteroatoms. The zero-order valence-corrected chi connectivity index (χ0v) is 27.9. The number of nitrogens with one attached hydrogen (secondary N) is 2. The van der Waals surface area contributed by atoms with Gasteiger partial charge in [-0.3, -0.25) is 9.78 Å². The van der Waals surface area contributed by atoms with E-state index in [4.69, 9.17) is 30.5 Å². The Hall–Kier alpha value is -4.45. The summed E-state index contributed by atoms with van der Waals surface area (Å²) in [4.78, 5) is 50.2. The number of imide groups is 1. The van der Waals surface area contributed by atoms with E-state index in [1.807, 2.05) is 20.8 Å². The second kappa shape index (κ2) is 12.7. The molecule has 246 valence electrons. The van der Waals surface area contributed by atoms with Gasteiger partial charge in [-0.2, -0.15) is 0 Å². The maximum absolute atomic E-state index is 14.0. The summed E-state index contributed by atoms with van der Waals surface area (Å²) in [6, 6.07) is 6.84. The number of benzene rings is 1. The highest BCUT2D eigenvalue weighted by atomic mass is 35.5. The fraction of sp³-hybridized carbons (Fsp3) is 0.455. The number of aromatic nitrogens is 2. The summed E-state index contributed by atoms with van der Waals surface area (Å²) < 4.78 is 22.9. The first kappa shape index (κ1) is 32.9. The Bertz CT molecular complexity index is 1640. The van der Waals surface area contributed by atoms with Crippen molar-refractivity contribution in [3.8, 4) is 22.8 Å². The maximum atomic E-state index is 14.0. The van der Waals surface area contributed by atoms with Crippen LogP contribution in [0.3, 0.4) is 0 Å². The molecule has 0 bridgehead atoms.